The first-order valence-corrected chi connectivity index (χ1v) is 10.4. The minimum atomic E-state index is -1.54. The quantitative estimate of drug-likeness (QED) is 0.331. The molecule has 0 aliphatic carbocycles. The van der Waals surface area contributed by atoms with Crippen LogP contribution in [-0.4, -0.2) is 28.1 Å². The molecular formula is C16H34O2Si. The van der Waals surface area contributed by atoms with Crippen molar-refractivity contribution < 1.29 is 9.16 Å². The van der Waals surface area contributed by atoms with Crippen LogP contribution in [0.2, 0.25) is 18.1 Å². The molecule has 0 bridgehead atoms. The summed E-state index contributed by atoms with van der Waals surface area (Å²) < 4.78 is 11.7. The van der Waals surface area contributed by atoms with Gasteiger partial charge in [-0.15, -0.1) is 0 Å². The van der Waals surface area contributed by atoms with Gasteiger partial charge in [-0.25, -0.2) is 0 Å². The molecule has 0 radical (unpaired) electrons. The Kier molecular flexibility index (Phi) is 8.87. The molecule has 0 N–H and O–H groups in total. The topological polar surface area (TPSA) is 18.5 Å². The summed E-state index contributed by atoms with van der Waals surface area (Å²) in [5.41, 5.74) is 1.32. The third-order valence-electron chi connectivity index (χ3n) is 3.81. The zero-order valence-electron chi connectivity index (χ0n) is 14.1. The summed E-state index contributed by atoms with van der Waals surface area (Å²) in [5.74, 6) is 0. The number of hydrogen-bond acceptors (Lipinski definition) is 2. The van der Waals surface area contributed by atoms with Crippen molar-refractivity contribution >= 4 is 8.32 Å². The van der Waals surface area contributed by atoms with Crippen molar-refractivity contribution in [2.24, 2.45) is 0 Å². The summed E-state index contributed by atoms with van der Waals surface area (Å²) >= 11 is 0. The van der Waals surface area contributed by atoms with Crippen LogP contribution in [-0.2, 0) is 9.16 Å². The molecule has 0 unspecified atom stereocenters. The van der Waals surface area contributed by atoms with Gasteiger partial charge in [0.1, 0.15) is 0 Å². The van der Waals surface area contributed by atoms with Gasteiger partial charge in [0.15, 0.2) is 8.32 Å². The maximum absolute atomic E-state index is 6.14. The third-order valence-corrected chi connectivity index (χ3v) is 8.35. The second-order valence-electron chi connectivity index (χ2n) is 7.03. The van der Waals surface area contributed by atoms with E-state index in [9.17, 15) is 0 Å². The lowest BCUT2D eigenvalue weighted by molar-refractivity contribution is 0.154. The Bertz CT molecular complexity index is 260. The van der Waals surface area contributed by atoms with E-state index in [1.807, 2.05) is 0 Å². The van der Waals surface area contributed by atoms with Crippen LogP contribution in [0.4, 0.5) is 0 Å². The van der Waals surface area contributed by atoms with Gasteiger partial charge in [-0.2, -0.15) is 0 Å². The van der Waals surface area contributed by atoms with Crippen LogP contribution in [0.5, 0.6) is 0 Å². The van der Waals surface area contributed by atoms with Gasteiger partial charge in [-0.1, -0.05) is 32.4 Å². The van der Waals surface area contributed by atoms with Crippen molar-refractivity contribution in [2.75, 3.05) is 19.8 Å². The van der Waals surface area contributed by atoms with Gasteiger partial charge in [-0.05, 0) is 51.2 Å². The molecule has 0 aromatic heterocycles. The highest BCUT2D eigenvalue weighted by Gasteiger charge is 2.36. The van der Waals surface area contributed by atoms with Gasteiger partial charge in [0.05, 0.1) is 6.61 Å². The minimum Gasteiger partial charge on any atom is -0.417 e. The molecule has 0 rings (SSSR count). The summed E-state index contributed by atoms with van der Waals surface area (Å²) in [6.45, 7) is 18.2. The first-order chi connectivity index (χ1) is 8.67. The zero-order valence-corrected chi connectivity index (χ0v) is 15.1. The van der Waals surface area contributed by atoms with E-state index in [1.54, 1.807) is 0 Å². The van der Waals surface area contributed by atoms with Crippen molar-refractivity contribution in [3.05, 3.63) is 11.6 Å². The number of ether oxygens (including phenoxy) is 1. The standard InChI is InChI=1S/C16H34O2Si/c1-15(2)11-14-17-12-9-8-10-13-18-19(6,7)16(3,4)5/h11H,8-10,12-14H2,1-7H3. The molecule has 0 amide bonds. The van der Waals surface area contributed by atoms with E-state index in [-0.39, 0.29) is 0 Å². The van der Waals surface area contributed by atoms with Gasteiger partial charge >= 0.3 is 0 Å². The first kappa shape index (κ1) is 18.9. The van der Waals surface area contributed by atoms with Gasteiger partial charge in [0.25, 0.3) is 0 Å². The molecule has 0 aliphatic heterocycles. The summed E-state index contributed by atoms with van der Waals surface area (Å²) in [4.78, 5) is 0. The van der Waals surface area contributed by atoms with Crippen molar-refractivity contribution in [3.63, 3.8) is 0 Å². The van der Waals surface area contributed by atoms with Gasteiger partial charge in [0.2, 0.25) is 0 Å². The molecule has 0 aromatic carbocycles. The minimum absolute atomic E-state index is 0.320. The van der Waals surface area contributed by atoms with Crippen molar-refractivity contribution in [1.82, 2.24) is 0 Å². The predicted molar refractivity (Wildman–Crippen MR) is 87.3 cm³/mol. The molecule has 0 atom stereocenters. The van der Waals surface area contributed by atoms with E-state index in [2.05, 4.69) is 53.8 Å². The second kappa shape index (κ2) is 8.93. The van der Waals surface area contributed by atoms with E-state index >= 15 is 0 Å². The highest BCUT2D eigenvalue weighted by atomic mass is 28.4. The highest BCUT2D eigenvalue weighted by molar-refractivity contribution is 6.74. The van der Waals surface area contributed by atoms with Crippen LogP contribution in [0.3, 0.4) is 0 Å². The van der Waals surface area contributed by atoms with Crippen LogP contribution in [0.1, 0.15) is 53.9 Å². The number of allylic oxidation sites excluding steroid dienone is 1. The van der Waals surface area contributed by atoms with E-state index in [0.717, 1.165) is 32.7 Å². The molecule has 19 heavy (non-hydrogen) atoms. The van der Waals surface area contributed by atoms with Crippen molar-refractivity contribution in [3.8, 4) is 0 Å². The van der Waals surface area contributed by atoms with Crippen LogP contribution in [0.25, 0.3) is 0 Å². The Morgan fingerprint density at radius 1 is 1.00 bits per heavy atom. The fraction of sp³-hybridized carbons (Fsp3) is 0.875. The Balaban J connectivity index is 3.49. The van der Waals surface area contributed by atoms with E-state index < -0.39 is 8.32 Å². The van der Waals surface area contributed by atoms with Crippen LogP contribution in [0.15, 0.2) is 11.6 Å². The Morgan fingerprint density at radius 2 is 1.58 bits per heavy atom. The molecule has 0 aromatic rings. The maximum Gasteiger partial charge on any atom is 0.191 e. The first-order valence-electron chi connectivity index (χ1n) is 7.52. The molecule has 0 aliphatic rings. The van der Waals surface area contributed by atoms with Crippen molar-refractivity contribution in [1.29, 1.82) is 0 Å². The Labute approximate surface area is 121 Å². The molecule has 0 saturated heterocycles. The molecule has 0 fully saturated rings. The number of unbranched alkanes of at least 4 members (excludes halogenated alkanes) is 2. The normalized spacial score (nSPS) is 12.6. The highest BCUT2D eigenvalue weighted by Crippen LogP contribution is 2.36. The summed E-state index contributed by atoms with van der Waals surface area (Å²) in [6.07, 6.45) is 5.61. The van der Waals surface area contributed by atoms with Gasteiger partial charge < -0.3 is 9.16 Å². The van der Waals surface area contributed by atoms with E-state index in [1.165, 1.54) is 12.0 Å². The zero-order chi connectivity index (χ0) is 14.9. The second-order valence-corrected chi connectivity index (χ2v) is 11.8. The van der Waals surface area contributed by atoms with Crippen LogP contribution in [0, 0.1) is 0 Å². The molecule has 3 heteroatoms. The molecule has 0 heterocycles. The smallest absolute Gasteiger partial charge is 0.191 e. The maximum atomic E-state index is 6.14. The largest absolute Gasteiger partial charge is 0.417 e. The van der Waals surface area contributed by atoms with Gasteiger partial charge in [0, 0.05) is 13.2 Å². The molecule has 2 nitrogen and oxygen atoms in total. The average Bonchev–Trinajstić information content (AvgIpc) is 2.24. The monoisotopic (exact) mass is 286 g/mol. The van der Waals surface area contributed by atoms with Crippen molar-refractivity contribution in [2.45, 2.75) is 72.0 Å². The molecule has 0 spiro atoms. The van der Waals surface area contributed by atoms with Gasteiger partial charge in [-0.3, -0.25) is 0 Å². The summed E-state index contributed by atoms with van der Waals surface area (Å²) in [5, 5.41) is 0.320. The van der Waals surface area contributed by atoms with Crippen LogP contribution >= 0.6 is 0 Å². The SMILES string of the molecule is CC(C)=CCOCCCCCO[Si](C)(C)C(C)(C)C. The fourth-order valence-electron chi connectivity index (χ4n) is 1.34. The predicted octanol–water partition coefficient (Wildman–Crippen LogP) is 5.16. The summed E-state index contributed by atoms with van der Waals surface area (Å²) in [6, 6.07) is 0. The Hall–Kier alpha value is -0.123. The number of rotatable bonds is 9. The molecule has 114 valence electrons. The third kappa shape index (κ3) is 9.42. The lowest BCUT2D eigenvalue weighted by Crippen LogP contribution is -2.40. The lowest BCUT2D eigenvalue weighted by atomic mass is 10.2. The lowest BCUT2D eigenvalue weighted by Gasteiger charge is -2.36. The molecule has 0 saturated carbocycles. The average molecular weight is 287 g/mol. The summed E-state index contributed by atoms with van der Waals surface area (Å²) in [7, 11) is -1.54. The van der Waals surface area contributed by atoms with E-state index in [0.29, 0.717) is 5.04 Å². The van der Waals surface area contributed by atoms with E-state index in [4.69, 9.17) is 9.16 Å². The fourth-order valence-corrected chi connectivity index (χ4v) is 2.42. The number of hydrogen-bond donors (Lipinski definition) is 0. The Morgan fingerprint density at radius 3 is 2.11 bits per heavy atom. The molecular weight excluding hydrogens is 252 g/mol. The van der Waals surface area contributed by atoms with Crippen LogP contribution < -0.4 is 0 Å².